The number of carbonyl (C=O) groups is 3. The molecular formula is C35H46N2O5S. The molecule has 1 aliphatic carbocycles. The minimum atomic E-state index is -0.626. The molecule has 1 aliphatic rings. The third-order valence-electron chi connectivity index (χ3n) is 7.83. The van der Waals surface area contributed by atoms with Crippen molar-refractivity contribution in [3.63, 3.8) is 0 Å². The fraction of sp³-hybridized carbons (Fsp3) is 0.457. The molecule has 1 fully saturated rings. The number of aliphatic hydroxyl groups is 1. The van der Waals surface area contributed by atoms with Crippen LogP contribution in [0.2, 0.25) is 0 Å². The van der Waals surface area contributed by atoms with Gasteiger partial charge in [0.25, 0.3) is 0 Å². The summed E-state index contributed by atoms with van der Waals surface area (Å²) in [6.45, 7) is 7.50. The zero-order chi connectivity index (χ0) is 30.9. The van der Waals surface area contributed by atoms with E-state index in [4.69, 9.17) is 4.74 Å². The molecule has 232 valence electrons. The molecule has 2 aromatic rings. The Balaban J connectivity index is 1.64. The number of thioether (sulfide) groups is 1. The Morgan fingerprint density at radius 1 is 0.930 bits per heavy atom. The fourth-order valence-corrected chi connectivity index (χ4v) is 6.45. The van der Waals surface area contributed by atoms with Gasteiger partial charge in [-0.05, 0) is 43.2 Å². The molecule has 0 radical (unpaired) electrons. The van der Waals surface area contributed by atoms with Crippen molar-refractivity contribution in [3.05, 3.63) is 97.1 Å². The molecule has 0 aliphatic heterocycles. The maximum atomic E-state index is 13.5. The topological polar surface area (TPSA) is 105 Å². The molecule has 0 saturated heterocycles. The van der Waals surface area contributed by atoms with Crippen LogP contribution < -0.4 is 10.6 Å². The maximum Gasteiger partial charge on any atom is 0.309 e. The van der Waals surface area contributed by atoms with Gasteiger partial charge in [0.1, 0.15) is 6.61 Å². The van der Waals surface area contributed by atoms with Gasteiger partial charge in [0.15, 0.2) is 0 Å². The van der Waals surface area contributed by atoms with Gasteiger partial charge in [0.2, 0.25) is 11.8 Å². The van der Waals surface area contributed by atoms with Crippen molar-refractivity contribution < 1.29 is 24.2 Å². The van der Waals surface area contributed by atoms with Gasteiger partial charge in [-0.25, -0.2) is 0 Å². The zero-order valence-electron chi connectivity index (χ0n) is 25.0. The highest BCUT2D eigenvalue weighted by molar-refractivity contribution is 7.98. The number of esters is 1. The van der Waals surface area contributed by atoms with Crippen LogP contribution in [0, 0.1) is 11.8 Å². The number of carbonyl (C=O) groups excluding carboxylic acids is 3. The van der Waals surface area contributed by atoms with Gasteiger partial charge < -0.3 is 20.5 Å². The van der Waals surface area contributed by atoms with E-state index in [1.54, 1.807) is 23.9 Å². The standard InChI is InChI=1S/C35H46N2O5S/c1-3-13-29(22-32(39)37-35(26-38)19-11-12-20-35)33(40)36-31(25-43-24-28-17-9-6-10-18-28)23-42-34(41)30(14-4-2)21-27-15-7-5-8-16-27/h3-10,15-18,29-31,38H,1-2,11-14,19-26H2,(H,36,40)(H,37,39). The average Bonchev–Trinajstić information content (AvgIpc) is 3.49. The summed E-state index contributed by atoms with van der Waals surface area (Å²) in [6.07, 6.45) is 8.08. The largest absolute Gasteiger partial charge is 0.463 e. The van der Waals surface area contributed by atoms with Crippen LogP contribution in [-0.4, -0.2) is 53.4 Å². The first-order chi connectivity index (χ1) is 20.9. The molecule has 3 N–H and O–H groups in total. The number of ether oxygens (including phenoxy) is 1. The normalized spacial score (nSPS) is 15.9. The Morgan fingerprint density at radius 3 is 2.14 bits per heavy atom. The Hall–Kier alpha value is -3.36. The second kappa shape index (κ2) is 18.3. The van der Waals surface area contributed by atoms with E-state index in [0.29, 0.717) is 25.0 Å². The molecule has 2 amide bonds. The van der Waals surface area contributed by atoms with Gasteiger partial charge in [-0.1, -0.05) is 85.7 Å². The molecule has 7 nitrogen and oxygen atoms in total. The molecule has 3 unspecified atom stereocenters. The van der Waals surface area contributed by atoms with Crippen molar-refractivity contribution in [1.29, 1.82) is 0 Å². The van der Waals surface area contributed by atoms with Crippen LogP contribution in [0.1, 0.15) is 56.1 Å². The number of aliphatic hydroxyl groups excluding tert-OH is 1. The maximum absolute atomic E-state index is 13.5. The van der Waals surface area contributed by atoms with Crippen molar-refractivity contribution in [2.24, 2.45) is 11.8 Å². The molecule has 0 bridgehead atoms. The van der Waals surface area contributed by atoms with Gasteiger partial charge in [-0.3, -0.25) is 14.4 Å². The third-order valence-corrected chi connectivity index (χ3v) is 9.01. The lowest BCUT2D eigenvalue weighted by Crippen LogP contribution is -2.50. The quantitative estimate of drug-likeness (QED) is 0.146. The van der Waals surface area contributed by atoms with Gasteiger partial charge >= 0.3 is 5.97 Å². The van der Waals surface area contributed by atoms with E-state index in [9.17, 15) is 19.5 Å². The molecule has 3 atom stereocenters. The number of hydrogen-bond acceptors (Lipinski definition) is 6. The third kappa shape index (κ3) is 11.7. The first-order valence-corrected chi connectivity index (χ1v) is 16.3. The summed E-state index contributed by atoms with van der Waals surface area (Å²) < 4.78 is 5.79. The van der Waals surface area contributed by atoms with Crippen molar-refractivity contribution in [2.45, 2.75) is 68.7 Å². The lowest BCUT2D eigenvalue weighted by molar-refractivity contribution is -0.149. The van der Waals surface area contributed by atoms with Crippen LogP contribution in [0.15, 0.2) is 86.0 Å². The lowest BCUT2D eigenvalue weighted by Gasteiger charge is -2.29. The highest BCUT2D eigenvalue weighted by Crippen LogP contribution is 2.29. The summed E-state index contributed by atoms with van der Waals surface area (Å²) in [5.41, 5.74) is 1.61. The van der Waals surface area contributed by atoms with E-state index in [-0.39, 0.29) is 43.3 Å². The molecule has 8 heteroatoms. The van der Waals surface area contributed by atoms with Crippen LogP contribution in [-0.2, 0) is 31.3 Å². The number of allylic oxidation sites excluding steroid dienone is 2. The van der Waals surface area contributed by atoms with Crippen molar-refractivity contribution in [1.82, 2.24) is 10.6 Å². The summed E-state index contributed by atoms with van der Waals surface area (Å²) >= 11 is 1.64. The highest BCUT2D eigenvalue weighted by Gasteiger charge is 2.35. The van der Waals surface area contributed by atoms with Crippen LogP contribution in [0.4, 0.5) is 0 Å². The van der Waals surface area contributed by atoms with E-state index in [1.807, 2.05) is 60.7 Å². The second-order valence-corrected chi connectivity index (χ2v) is 12.4. The predicted molar refractivity (Wildman–Crippen MR) is 173 cm³/mol. The molecular weight excluding hydrogens is 560 g/mol. The number of rotatable bonds is 19. The first-order valence-electron chi connectivity index (χ1n) is 15.1. The second-order valence-electron chi connectivity index (χ2n) is 11.4. The van der Waals surface area contributed by atoms with Gasteiger partial charge in [0, 0.05) is 17.9 Å². The fourth-order valence-electron chi connectivity index (χ4n) is 5.44. The average molecular weight is 607 g/mol. The monoisotopic (exact) mass is 606 g/mol. The summed E-state index contributed by atoms with van der Waals surface area (Å²) in [7, 11) is 0. The lowest BCUT2D eigenvalue weighted by atomic mass is 9.95. The van der Waals surface area contributed by atoms with Crippen LogP contribution >= 0.6 is 11.8 Å². The number of benzene rings is 2. The summed E-state index contributed by atoms with van der Waals surface area (Å²) in [4.78, 5) is 39.6. The molecule has 0 heterocycles. The molecule has 1 saturated carbocycles. The molecule has 3 rings (SSSR count). The molecule has 0 aromatic heterocycles. The number of hydrogen-bond donors (Lipinski definition) is 3. The van der Waals surface area contributed by atoms with Crippen LogP contribution in [0.25, 0.3) is 0 Å². The summed E-state index contributed by atoms with van der Waals surface area (Å²) in [5.74, 6) is -0.599. The van der Waals surface area contributed by atoms with E-state index >= 15 is 0 Å². The van der Waals surface area contributed by atoms with E-state index in [1.165, 1.54) is 0 Å². The van der Waals surface area contributed by atoms with Gasteiger partial charge in [0.05, 0.1) is 30.0 Å². The van der Waals surface area contributed by atoms with E-state index in [0.717, 1.165) is 42.6 Å². The Bertz CT molecular complexity index is 1170. The van der Waals surface area contributed by atoms with Gasteiger partial charge in [-0.2, -0.15) is 11.8 Å². The minimum absolute atomic E-state index is 0.0121. The summed E-state index contributed by atoms with van der Waals surface area (Å²) in [6, 6.07) is 19.4. The van der Waals surface area contributed by atoms with Crippen molar-refractivity contribution in [2.75, 3.05) is 19.0 Å². The first kappa shape index (κ1) is 34.1. The van der Waals surface area contributed by atoms with E-state index < -0.39 is 17.5 Å². The Labute approximate surface area is 260 Å². The highest BCUT2D eigenvalue weighted by atomic mass is 32.2. The predicted octanol–water partition coefficient (Wildman–Crippen LogP) is 5.39. The van der Waals surface area contributed by atoms with Crippen LogP contribution in [0.5, 0.6) is 0 Å². The number of nitrogens with one attached hydrogen (secondary N) is 2. The summed E-state index contributed by atoms with van der Waals surface area (Å²) in [5, 5.41) is 15.9. The SMILES string of the molecule is C=CCC(CC(=O)NC1(CO)CCCC1)C(=O)NC(COC(=O)C(CC=C)Cc1ccccc1)CSCc1ccccc1. The van der Waals surface area contributed by atoms with Gasteiger partial charge in [-0.15, -0.1) is 13.2 Å². The Kier molecular flexibility index (Phi) is 14.6. The Morgan fingerprint density at radius 2 is 1.53 bits per heavy atom. The zero-order valence-corrected chi connectivity index (χ0v) is 25.9. The minimum Gasteiger partial charge on any atom is -0.463 e. The number of amides is 2. The molecule has 2 aromatic carbocycles. The van der Waals surface area contributed by atoms with Crippen molar-refractivity contribution >= 4 is 29.5 Å². The smallest absolute Gasteiger partial charge is 0.309 e. The van der Waals surface area contributed by atoms with Crippen LogP contribution in [0.3, 0.4) is 0 Å². The molecule has 43 heavy (non-hydrogen) atoms. The molecule has 0 spiro atoms. The van der Waals surface area contributed by atoms with Crippen molar-refractivity contribution in [3.8, 4) is 0 Å². The van der Waals surface area contributed by atoms with E-state index in [2.05, 4.69) is 23.8 Å².